The second-order valence-electron chi connectivity index (χ2n) is 17.1. The summed E-state index contributed by atoms with van der Waals surface area (Å²) in [6.45, 7) is 4.41. The maximum Gasteiger partial charge on any atom is 0.472 e. The number of rotatable bonds is 42. The second-order valence-corrected chi connectivity index (χ2v) is 18.6. The first-order chi connectivity index (χ1) is 32.0. The van der Waals surface area contributed by atoms with Gasteiger partial charge in [-0.25, -0.2) is 4.57 Å². The Morgan fingerprint density at radius 2 is 0.909 bits per heavy atom. The zero-order valence-electron chi connectivity index (χ0n) is 41.9. The van der Waals surface area contributed by atoms with E-state index < -0.39 is 20.0 Å². The molecular formula is C57H92N2O6P+. The molecule has 0 aromatic heterocycles. The molecule has 0 aliphatic rings. The van der Waals surface area contributed by atoms with Crippen molar-refractivity contribution in [3.8, 4) is 0 Å². The van der Waals surface area contributed by atoms with E-state index in [1.54, 1.807) is 6.08 Å². The molecule has 66 heavy (non-hydrogen) atoms. The minimum Gasteiger partial charge on any atom is -0.387 e. The number of hydrogen-bond acceptors (Lipinski definition) is 5. The summed E-state index contributed by atoms with van der Waals surface area (Å²) in [6, 6.07) is -0.867. The molecule has 1 amide bonds. The molecule has 0 saturated carbocycles. The summed E-state index contributed by atoms with van der Waals surface area (Å²) < 4.78 is 23.2. The third-order valence-corrected chi connectivity index (χ3v) is 10.7. The molecule has 0 spiro atoms. The summed E-state index contributed by atoms with van der Waals surface area (Å²) in [7, 11) is 1.52. The van der Waals surface area contributed by atoms with E-state index in [4.69, 9.17) is 9.05 Å². The van der Waals surface area contributed by atoms with E-state index in [0.717, 1.165) is 122 Å². The molecule has 0 rings (SSSR count). The van der Waals surface area contributed by atoms with Gasteiger partial charge in [0, 0.05) is 6.42 Å². The van der Waals surface area contributed by atoms with E-state index in [1.165, 1.54) is 0 Å². The third-order valence-electron chi connectivity index (χ3n) is 9.74. The summed E-state index contributed by atoms with van der Waals surface area (Å²) in [6.07, 6.45) is 74.3. The van der Waals surface area contributed by atoms with Crippen LogP contribution in [0, 0.1) is 0 Å². The Labute approximate surface area is 403 Å². The van der Waals surface area contributed by atoms with Crippen LogP contribution >= 0.6 is 7.82 Å². The fraction of sp³-hybridized carbons (Fsp3) is 0.526. The Morgan fingerprint density at radius 1 is 0.530 bits per heavy atom. The van der Waals surface area contributed by atoms with Gasteiger partial charge in [-0.3, -0.25) is 13.8 Å². The third kappa shape index (κ3) is 48.1. The Morgan fingerprint density at radius 3 is 1.29 bits per heavy atom. The molecular weight excluding hydrogens is 840 g/mol. The van der Waals surface area contributed by atoms with Crippen LogP contribution in [-0.2, 0) is 18.4 Å². The maximum atomic E-state index is 12.7. The molecule has 0 aromatic rings. The van der Waals surface area contributed by atoms with Crippen LogP contribution in [0.5, 0.6) is 0 Å². The lowest BCUT2D eigenvalue weighted by Crippen LogP contribution is -2.45. The number of amides is 1. The zero-order valence-corrected chi connectivity index (χ0v) is 42.7. The van der Waals surface area contributed by atoms with Crippen molar-refractivity contribution in [2.45, 2.75) is 154 Å². The van der Waals surface area contributed by atoms with Crippen LogP contribution in [0.25, 0.3) is 0 Å². The van der Waals surface area contributed by atoms with Crippen molar-refractivity contribution in [1.29, 1.82) is 0 Å². The van der Waals surface area contributed by atoms with E-state index in [-0.39, 0.29) is 19.1 Å². The van der Waals surface area contributed by atoms with Gasteiger partial charge in [0.2, 0.25) is 5.91 Å². The van der Waals surface area contributed by atoms with Crippen LogP contribution in [0.15, 0.2) is 158 Å². The van der Waals surface area contributed by atoms with Crippen LogP contribution in [0.2, 0.25) is 0 Å². The number of hydrogen-bond donors (Lipinski definition) is 3. The topological polar surface area (TPSA) is 105 Å². The van der Waals surface area contributed by atoms with Gasteiger partial charge in [-0.2, -0.15) is 0 Å². The fourth-order valence-electron chi connectivity index (χ4n) is 5.85. The summed E-state index contributed by atoms with van der Waals surface area (Å²) in [4.78, 5) is 22.8. The van der Waals surface area contributed by atoms with Crippen LogP contribution in [0.3, 0.4) is 0 Å². The highest BCUT2D eigenvalue weighted by molar-refractivity contribution is 7.47. The number of unbranched alkanes of at least 4 members (excludes halogenated alkanes) is 5. The smallest absolute Gasteiger partial charge is 0.387 e. The number of likely N-dealkylation sites (N-methyl/N-ethyl adjacent to an activating group) is 1. The highest BCUT2D eigenvalue weighted by atomic mass is 31.2. The van der Waals surface area contributed by atoms with Crippen molar-refractivity contribution in [3.63, 3.8) is 0 Å². The molecule has 9 heteroatoms. The van der Waals surface area contributed by atoms with E-state index in [1.807, 2.05) is 34.1 Å². The number of quaternary nitrogens is 1. The number of aliphatic hydroxyl groups excluding tert-OH is 1. The molecule has 0 fully saturated rings. The SMILES string of the molecule is CC/C=C\C/C=C\C/C=C\C/C=C\C/C=C\C/C=C\C/C=C\C/C=C\C/C=C\C/C=C\C/C=C\C/C=C\CCCCCCC(=O)NC(COP(=O)(O)OCC[N+](C)(C)C)C(O)/C=C/CCC. The van der Waals surface area contributed by atoms with Crippen molar-refractivity contribution < 1.29 is 32.9 Å². The molecule has 0 heterocycles. The summed E-state index contributed by atoms with van der Waals surface area (Å²) in [5.41, 5.74) is 0. The molecule has 0 saturated heterocycles. The van der Waals surface area contributed by atoms with E-state index >= 15 is 0 Å². The van der Waals surface area contributed by atoms with Gasteiger partial charge >= 0.3 is 7.82 Å². The van der Waals surface area contributed by atoms with Gasteiger partial charge in [0.25, 0.3) is 0 Å². The number of nitrogens with one attached hydrogen (secondary N) is 1. The molecule has 0 radical (unpaired) electrons. The molecule has 3 atom stereocenters. The van der Waals surface area contributed by atoms with Gasteiger partial charge in [-0.15, -0.1) is 0 Å². The Bertz CT molecular complexity index is 1620. The lowest BCUT2D eigenvalue weighted by molar-refractivity contribution is -0.870. The summed E-state index contributed by atoms with van der Waals surface area (Å²) in [5.74, 6) is -0.223. The molecule has 0 aliphatic carbocycles. The first kappa shape index (κ1) is 62.1. The molecule has 0 aliphatic heterocycles. The average Bonchev–Trinajstić information content (AvgIpc) is 3.27. The minimum absolute atomic E-state index is 0.0455. The molecule has 3 unspecified atom stereocenters. The molecule has 0 aromatic carbocycles. The predicted octanol–water partition coefficient (Wildman–Crippen LogP) is 14.7. The highest BCUT2D eigenvalue weighted by Crippen LogP contribution is 2.43. The Hall–Kier alpha value is -3.88. The number of aliphatic hydroxyl groups is 1. The first-order valence-electron chi connectivity index (χ1n) is 24.9. The first-order valence-corrected chi connectivity index (χ1v) is 26.4. The predicted molar refractivity (Wildman–Crippen MR) is 285 cm³/mol. The van der Waals surface area contributed by atoms with Crippen LogP contribution in [0.4, 0.5) is 0 Å². The van der Waals surface area contributed by atoms with Crippen molar-refractivity contribution in [3.05, 3.63) is 158 Å². The second kappa shape index (κ2) is 46.2. The number of carbonyl (C=O) groups is 1. The van der Waals surface area contributed by atoms with Gasteiger partial charge in [0.05, 0.1) is 39.9 Å². The van der Waals surface area contributed by atoms with Gasteiger partial charge in [0.1, 0.15) is 13.2 Å². The van der Waals surface area contributed by atoms with Crippen molar-refractivity contribution >= 4 is 13.7 Å². The number of phosphoric acid groups is 1. The largest absolute Gasteiger partial charge is 0.472 e. The molecule has 3 N–H and O–H groups in total. The quantitative estimate of drug-likeness (QED) is 0.0244. The van der Waals surface area contributed by atoms with E-state index in [9.17, 15) is 19.4 Å². The van der Waals surface area contributed by atoms with Crippen LogP contribution in [0.1, 0.15) is 142 Å². The summed E-state index contributed by atoms with van der Waals surface area (Å²) in [5, 5.41) is 13.4. The van der Waals surface area contributed by atoms with E-state index in [0.29, 0.717) is 17.4 Å². The van der Waals surface area contributed by atoms with E-state index in [2.05, 4.69) is 158 Å². The van der Waals surface area contributed by atoms with Gasteiger partial charge < -0.3 is 19.8 Å². The van der Waals surface area contributed by atoms with Gasteiger partial charge in [-0.05, 0) is 103 Å². The van der Waals surface area contributed by atoms with Gasteiger partial charge in [0.15, 0.2) is 0 Å². The molecule has 370 valence electrons. The van der Waals surface area contributed by atoms with Crippen LogP contribution < -0.4 is 5.32 Å². The molecule has 8 nitrogen and oxygen atoms in total. The number of phosphoric ester groups is 1. The highest BCUT2D eigenvalue weighted by Gasteiger charge is 2.27. The normalized spacial score (nSPS) is 15.4. The van der Waals surface area contributed by atoms with Crippen LogP contribution in [-0.4, -0.2) is 73.4 Å². The van der Waals surface area contributed by atoms with Gasteiger partial charge in [-0.1, -0.05) is 191 Å². The maximum absolute atomic E-state index is 12.7. The number of nitrogens with zero attached hydrogens (tertiary/aromatic N) is 1. The average molecular weight is 932 g/mol. The lowest BCUT2D eigenvalue weighted by Gasteiger charge is -2.25. The molecule has 0 bridgehead atoms. The Kier molecular flexibility index (Phi) is 43.5. The van der Waals surface area contributed by atoms with Crippen molar-refractivity contribution in [1.82, 2.24) is 5.32 Å². The fourth-order valence-corrected chi connectivity index (χ4v) is 6.59. The van der Waals surface area contributed by atoms with Crippen molar-refractivity contribution in [2.75, 3.05) is 40.9 Å². The number of allylic oxidation sites excluding steroid dienone is 25. The number of carbonyl (C=O) groups excluding carboxylic acids is 1. The monoisotopic (exact) mass is 932 g/mol. The lowest BCUT2D eigenvalue weighted by atomic mass is 10.1. The van der Waals surface area contributed by atoms with Crippen molar-refractivity contribution in [2.24, 2.45) is 0 Å². The Balaban J connectivity index is 3.98. The standard InChI is InChI=1S/C57H91N2O6P/c1-6-8-10-11-12-13-14-15-16-17-18-19-20-21-22-23-24-25-26-27-28-29-30-31-32-33-34-35-36-37-38-39-40-41-42-43-44-45-46-47-49-51-57(61)58-55(56(60)50-48-9-7-2)54-65-66(62,63)64-53-52-59(3,4)5/h8,10,12-13,15-16,18-19,21-22,24-25,27-28,30-31,33-34,36-37,39-40,42-43,48,50,55-56,60H,6-7,9,11,14,17,20,23,26,29,32,35,38,41,44-47,49,51-54H2,1-5H3,(H-,58,61,62,63)/p+1/b10-8-,13-12-,16-15-,19-18-,22-21-,25-24-,28-27-,31-30-,34-33-,37-36-,40-39-,43-42-,50-48+. The minimum atomic E-state index is -4.33. The summed E-state index contributed by atoms with van der Waals surface area (Å²) >= 11 is 0. The zero-order chi connectivity index (χ0) is 48.5.